The van der Waals surface area contributed by atoms with Gasteiger partial charge in [0.2, 0.25) is 0 Å². The Morgan fingerprint density at radius 3 is 2.59 bits per heavy atom. The van der Waals surface area contributed by atoms with Crippen LogP contribution in [0.1, 0.15) is 46.4 Å². The number of carbonyl (C=O) groups excluding carboxylic acids is 1. The van der Waals surface area contributed by atoms with E-state index in [0.717, 1.165) is 34.2 Å². The molecule has 198 valence electrons. The molecule has 0 fully saturated rings. The van der Waals surface area contributed by atoms with E-state index in [1.165, 1.54) is 23.6 Å². The number of imidazole rings is 1. The van der Waals surface area contributed by atoms with Crippen molar-refractivity contribution in [3.63, 3.8) is 0 Å². The third kappa shape index (κ3) is 6.18. The van der Waals surface area contributed by atoms with Gasteiger partial charge in [-0.2, -0.15) is 0 Å². The van der Waals surface area contributed by atoms with Gasteiger partial charge < -0.3 is 15.4 Å². The third-order valence-corrected chi connectivity index (χ3v) is 7.03. The van der Waals surface area contributed by atoms with E-state index >= 15 is 0 Å². The van der Waals surface area contributed by atoms with E-state index in [1.54, 1.807) is 11.7 Å². The lowest BCUT2D eigenvalue weighted by Gasteiger charge is -2.15. The van der Waals surface area contributed by atoms with Gasteiger partial charge in [-0.15, -0.1) is 11.3 Å². The summed E-state index contributed by atoms with van der Waals surface area (Å²) in [6, 6.07) is 16.9. The van der Waals surface area contributed by atoms with Gasteiger partial charge in [0.1, 0.15) is 29.1 Å². The molecule has 5 aromatic rings. The average Bonchev–Trinajstić information content (AvgIpc) is 3.65. The van der Waals surface area contributed by atoms with Crippen LogP contribution in [0.5, 0.6) is 0 Å². The zero-order chi connectivity index (χ0) is 27.2. The minimum atomic E-state index is -0.909. The van der Waals surface area contributed by atoms with Crippen LogP contribution in [-0.2, 0) is 0 Å². The number of aromatic nitrogens is 3. The number of aliphatic imine (C=N–C) groups is 1. The predicted octanol–water partition coefficient (Wildman–Crippen LogP) is 5.41. The molecule has 7 nitrogen and oxygen atoms in total. The van der Waals surface area contributed by atoms with Crippen LogP contribution in [0.25, 0.3) is 22.0 Å². The second kappa shape index (κ2) is 12.0. The van der Waals surface area contributed by atoms with Gasteiger partial charge in [-0.1, -0.05) is 42.5 Å². The molecule has 0 saturated heterocycles. The summed E-state index contributed by atoms with van der Waals surface area (Å²) >= 11 is 1.21. The zero-order valence-corrected chi connectivity index (χ0v) is 21.6. The lowest BCUT2D eigenvalue weighted by molar-refractivity contribution is -0.213. The SMILES string of the molecule is O=C(NCCCCC(N=C([O-])c1cncs1)c1ncc(-c2ccc3ccccc3c2)[nH]1)c1c(F)cccc1F. The molecule has 1 atom stereocenters. The summed E-state index contributed by atoms with van der Waals surface area (Å²) in [5.41, 5.74) is 2.74. The van der Waals surface area contributed by atoms with E-state index in [9.17, 15) is 18.7 Å². The largest absolute Gasteiger partial charge is 0.858 e. The highest BCUT2D eigenvalue weighted by Gasteiger charge is 2.18. The molecule has 0 spiro atoms. The number of rotatable bonds is 10. The minimum Gasteiger partial charge on any atom is -0.858 e. The molecule has 0 saturated carbocycles. The topological polar surface area (TPSA) is 106 Å². The summed E-state index contributed by atoms with van der Waals surface area (Å²) in [7, 11) is 0. The van der Waals surface area contributed by atoms with E-state index in [1.807, 2.05) is 36.4 Å². The number of H-pyrrole nitrogens is 1. The van der Waals surface area contributed by atoms with E-state index in [0.29, 0.717) is 30.0 Å². The number of unbranched alkanes of at least 4 members (excludes halogenated alkanes) is 1. The summed E-state index contributed by atoms with van der Waals surface area (Å²) in [5, 5.41) is 17.5. The first-order valence-electron chi connectivity index (χ1n) is 12.4. The van der Waals surface area contributed by atoms with Crippen molar-refractivity contribution in [3.05, 3.63) is 106 Å². The van der Waals surface area contributed by atoms with Crippen molar-refractivity contribution < 1.29 is 18.7 Å². The lowest BCUT2D eigenvalue weighted by atomic mass is 10.1. The molecule has 3 aromatic carbocycles. The Bertz CT molecular complexity index is 1600. The molecule has 1 amide bonds. The Kier molecular flexibility index (Phi) is 8.02. The summed E-state index contributed by atoms with van der Waals surface area (Å²) < 4.78 is 27.7. The predicted molar refractivity (Wildman–Crippen MR) is 145 cm³/mol. The number of nitrogens with one attached hydrogen (secondary N) is 2. The van der Waals surface area contributed by atoms with Gasteiger partial charge in [-0.3, -0.25) is 14.8 Å². The molecule has 5 rings (SSSR count). The minimum absolute atomic E-state index is 0.211. The van der Waals surface area contributed by atoms with Crippen LogP contribution in [0, 0.1) is 11.6 Å². The number of nitrogens with zero attached hydrogens (tertiary/aromatic N) is 3. The molecular formula is C29H24F2N5O2S-. The van der Waals surface area contributed by atoms with E-state index in [4.69, 9.17) is 0 Å². The first-order chi connectivity index (χ1) is 19.0. The van der Waals surface area contributed by atoms with Crippen LogP contribution < -0.4 is 10.4 Å². The molecular weight excluding hydrogens is 520 g/mol. The van der Waals surface area contributed by atoms with Crippen molar-refractivity contribution in [2.75, 3.05) is 6.54 Å². The highest BCUT2D eigenvalue weighted by atomic mass is 32.1. The van der Waals surface area contributed by atoms with Crippen LogP contribution in [-0.4, -0.2) is 33.3 Å². The lowest BCUT2D eigenvalue weighted by Crippen LogP contribution is -2.26. The Labute approximate surface area is 227 Å². The molecule has 0 aliphatic heterocycles. The normalized spacial score (nSPS) is 12.5. The summed E-state index contributed by atoms with van der Waals surface area (Å²) in [4.78, 5) is 28.9. The molecule has 0 bridgehead atoms. The first kappa shape index (κ1) is 26.2. The number of thiazole rings is 1. The van der Waals surface area contributed by atoms with Crippen LogP contribution in [0.2, 0.25) is 0 Å². The number of aromatic amines is 1. The number of hydrogen-bond acceptors (Lipinski definition) is 6. The van der Waals surface area contributed by atoms with Crippen molar-refractivity contribution in [1.82, 2.24) is 20.3 Å². The number of benzene rings is 3. The number of carbonyl (C=O) groups is 1. The van der Waals surface area contributed by atoms with Gasteiger partial charge in [0, 0.05) is 24.2 Å². The van der Waals surface area contributed by atoms with E-state index in [-0.39, 0.29) is 12.4 Å². The fourth-order valence-electron chi connectivity index (χ4n) is 4.27. The van der Waals surface area contributed by atoms with Crippen LogP contribution in [0.4, 0.5) is 8.78 Å². The Balaban J connectivity index is 1.28. The van der Waals surface area contributed by atoms with Crippen molar-refractivity contribution in [2.24, 2.45) is 4.99 Å². The second-order valence-electron chi connectivity index (χ2n) is 8.91. The Morgan fingerprint density at radius 1 is 1.03 bits per heavy atom. The monoisotopic (exact) mass is 544 g/mol. The maximum absolute atomic E-state index is 13.9. The number of fused-ring (bicyclic) bond motifs is 1. The molecule has 0 aliphatic rings. The molecule has 0 radical (unpaired) electrons. The first-order valence-corrected chi connectivity index (χ1v) is 13.3. The number of amides is 1. The highest BCUT2D eigenvalue weighted by Crippen LogP contribution is 2.27. The van der Waals surface area contributed by atoms with Crippen molar-refractivity contribution in [2.45, 2.75) is 25.3 Å². The Hall–Kier alpha value is -4.44. The van der Waals surface area contributed by atoms with Gasteiger partial charge >= 0.3 is 0 Å². The maximum atomic E-state index is 13.9. The summed E-state index contributed by atoms with van der Waals surface area (Å²) in [6.07, 6.45) is 4.77. The molecule has 39 heavy (non-hydrogen) atoms. The van der Waals surface area contributed by atoms with Gasteiger partial charge in [0.25, 0.3) is 5.91 Å². The molecule has 1 unspecified atom stereocenters. The summed E-state index contributed by atoms with van der Waals surface area (Å²) in [6.45, 7) is 0.211. The molecule has 2 N–H and O–H groups in total. The fraction of sp³-hybridized carbons (Fsp3) is 0.172. The standard InChI is InChI=1S/C29H25F2N5O2S/c30-21-8-5-9-22(31)26(21)29(38)33-13-4-3-10-23(36-28(37)25-16-32-17-39-25)27-34-15-24(35-27)20-12-11-18-6-1-2-7-19(18)14-20/h1-2,5-9,11-12,14-17,23H,3-4,10,13H2,(H,33,38)(H,34,35)(H,36,37)/p-1. The summed E-state index contributed by atoms with van der Waals surface area (Å²) in [5.74, 6) is -2.46. The number of hydrogen-bond donors (Lipinski definition) is 2. The van der Waals surface area contributed by atoms with Crippen LogP contribution in [0.3, 0.4) is 0 Å². The number of halogens is 2. The highest BCUT2D eigenvalue weighted by molar-refractivity contribution is 7.11. The Morgan fingerprint density at radius 2 is 1.82 bits per heavy atom. The smallest absolute Gasteiger partial charge is 0.257 e. The second-order valence-corrected chi connectivity index (χ2v) is 9.79. The van der Waals surface area contributed by atoms with Crippen molar-refractivity contribution in [1.29, 1.82) is 0 Å². The molecule has 10 heteroatoms. The van der Waals surface area contributed by atoms with Gasteiger partial charge in [-0.05, 0) is 48.2 Å². The maximum Gasteiger partial charge on any atom is 0.257 e. The van der Waals surface area contributed by atoms with Crippen LogP contribution >= 0.6 is 11.3 Å². The van der Waals surface area contributed by atoms with Crippen molar-refractivity contribution >= 4 is 33.9 Å². The van der Waals surface area contributed by atoms with Gasteiger partial charge in [-0.25, -0.2) is 13.8 Å². The third-order valence-electron chi connectivity index (χ3n) is 6.27. The fourth-order valence-corrected chi connectivity index (χ4v) is 4.78. The molecule has 2 aromatic heterocycles. The molecule has 2 heterocycles. The van der Waals surface area contributed by atoms with E-state index < -0.39 is 29.1 Å². The van der Waals surface area contributed by atoms with Crippen molar-refractivity contribution in [3.8, 4) is 11.3 Å². The molecule has 0 aliphatic carbocycles. The van der Waals surface area contributed by atoms with Crippen LogP contribution in [0.15, 0.2) is 83.6 Å². The van der Waals surface area contributed by atoms with Gasteiger partial charge in [0.05, 0.1) is 22.3 Å². The average molecular weight is 545 g/mol. The quantitative estimate of drug-likeness (QED) is 0.139. The van der Waals surface area contributed by atoms with E-state index in [2.05, 4.69) is 31.3 Å². The van der Waals surface area contributed by atoms with Gasteiger partial charge in [0.15, 0.2) is 0 Å². The zero-order valence-electron chi connectivity index (χ0n) is 20.7.